The number of benzene rings is 10. The quantitative estimate of drug-likeness (QED) is 0.157. The predicted molar refractivity (Wildman–Crippen MR) is 290 cm³/mol. The number of hydrogen-bond donors (Lipinski definition) is 0. The van der Waals surface area contributed by atoms with Crippen molar-refractivity contribution >= 4 is 55.5 Å². The number of nitrogens with zero attached hydrogens (tertiary/aromatic N) is 2. The first-order chi connectivity index (χ1) is 34.0. The van der Waals surface area contributed by atoms with Crippen molar-refractivity contribution in [1.29, 1.82) is 0 Å². The molecule has 69 heavy (non-hydrogen) atoms. The zero-order valence-corrected chi connectivity index (χ0v) is 39.2. The van der Waals surface area contributed by atoms with E-state index in [-0.39, 0.29) is 5.41 Å². The van der Waals surface area contributed by atoms with Gasteiger partial charge in [0.1, 0.15) is 0 Å². The van der Waals surface area contributed by atoms with Gasteiger partial charge in [0, 0.05) is 59.9 Å². The van der Waals surface area contributed by atoms with Gasteiger partial charge in [-0.25, -0.2) is 0 Å². The van der Waals surface area contributed by atoms with Crippen LogP contribution < -0.4 is 9.80 Å². The molecule has 2 nitrogen and oxygen atoms in total. The van der Waals surface area contributed by atoms with Gasteiger partial charge in [-0.2, -0.15) is 0 Å². The summed E-state index contributed by atoms with van der Waals surface area (Å²) in [4.78, 5) is 6.31. The van der Waals surface area contributed by atoms with E-state index in [2.05, 4.69) is 266 Å². The third-order valence-electron chi connectivity index (χ3n) is 15.2. The number of para-hydroxylation sites is 3. The van der Waals surface area contributed by atoms with E-state index >= 15 is 0 Å². The fraction of sp³-hybridized carbons (Fsp3) is 0.0606. The van der Waals surface area contributed by atoms with Crippen molar-refractivity contribution in [2.75, 3.05) is 9.80 Å². The van der Waals surface area contributed by atoms with Crippen LogP contribution in [0.1, 0.15) is 46.5 Å². The van der Waals surface area contributed by atoms with Gasteiger partial charge in [-0.05, 0) is 134 Å². The van der Waals surface area contributed by atoms with E-state index < -0.39 is 5.41 Å². The molecule has 326 valence electrons. The van der Waals surface area contributed by atoms with Crippen molar-refractivity contribution in [3.05, 3.63) is 275 Å². The summed E-state index contributed by atoms with van der Waals surface area (Å²) >= 11 is 1.96. The molecule has 1 atom stereocenters. The smallest absolute Gasteiger partial charge is 0.0820 e. The lowest BCUT2D eigenvalue weighted by molar-refractivity contribution is 0.660. The van der Waals surface area contributed by atoms with Gasteiger partial charge in [0.25, 0.3) is 0 Å². The molecule has 3 aliphatic carbocycles. The molecular weight excluding hydrogens is 853 g/mol. The summed E-state index contributed by atoms with van der Waals surface area (Å²) in [6.45, 7) is 4.76. The molecule has 3 heteroatoms. The van der Waals surface area contributed by atoms with Crippen LogP contribution in [0, 0.1) is 0 Å². The Labute approximate surface area is 407 Å². The van der Waals surface area contributed by atoms with Crippen LogP contribution in [0.25, 0.3) is 54.6 Å². The van der Waals surface area contributed by atoms with Gasteiger partial charge >= 0.3 is 0 Å². The molecule has 1 unspecified atom stereocenters. The van der Waals surface area contributed by atoms with E-state index in [9.17, 15) is 0 Å². The van der Waals surface area contributed by atoms with E-state index in [0.29, 0.717) is 0 Å². The Morgan fingerprint density at radius 1 is 0.333 bits per heavy atom. The van der Waals surface area contributed by atoms with Crippen LogP contribution in [-0.2, 0) is 10.8 Å². The summed E-state index contributed by atoms with van der Waals surface area (Å²) in [6, 6.07) is 90.3. The fourth-order valence-corrected chi connectivity index (χ4v) is 13.7. The van der Waals surface area contributed by atoms with Crippen molar-refractivity contribution < 1.29 is 0 Å². The highest BCUT2D eigenvalue weighted by Crippen LogP contribution is 2.67. The molecule has 0 fully saturated rings. The molecule has 0 amide bonds. The highest BCUT2D eigenvalue weighted by molar-refractivity contribution is 7.20. The minimum atomic E-state index is -0.550. The van der Waals surface area contributed by atoms with Crippen LogP contribution in [0.4, 0.5) is 34.1 Å². The first kappa shape index (κ1) is 39.9. The van der Waals surface area contributed by atoms with E-state index in [1.54, 1.807) is 0 Å². The van der Waals surface area contributed by atoms with Crippen molar-refractivity contribution in [3.8, 4) is 44.5 Å². The highest BCUT2D eigenvalue weighted by Gasteiger charge is 2.54. The maximum Gasteiger partial charge on any atom is 0.0820 e. The van der Waals surface area contributed by atoms with E-state index in [4.69, 9.17) is 0 Å². The topological polar surface area (TPSA) is 6.48 Å². The number of hydrogen-bond acceptors (Lipinski definition) is 3. The molecule has 1 heterocycles. The Kier molecular flexibility index (Phi) is 8.75. The maximum atomic E-state index is 2.55. The van der Waals surface area contributed by atoms with Crippen LogP contribution in [0.3, 0.4) is 0 Å². The van der Waals surface area contributed by atoms with Crippen LogP contribution in [0.5, 0.6) is 0 Å². The van der Waals surface area contributed by atoms with Crippen molar-refractivity contribution in [3.63, 3.8) is 0 Å². The summed E-state index contributed by atoms with van der Waals surface area (Å²) in [7, 11) is 0. The van der Waals surface area contributed by atoms with Crippen LogP contribution >= 0.6 is 11.3 Å². The largest absolute Gasteiger partial charge is 0.310 e. The molecular formula is C66H46N2S. The second kappa shape index (κ2) is 15.1. The molecule has 0 bridgehead atoms. The fourth-order valence-electron chi connectivity index (χ4n) is 12.2. The summed E-state index contributed by atoms with van der Waals surface area (Å²) in [5.74, 6) is 0. The molecule has 10 aromatic carbocycles. The van der Waals surface area contributed by atoms with Crippen molar-refractivity contribution in [1.82, 2.24) is 0 Å². The Hall–Kier alpha value is -8.24. The second-order valence-corrected chi connectivity index (χ2v) is 20.2. The van der Waals surface area contributed by atoms with Gasteiger partial charge in [0.2, 0.25) is 0 Å². The van der Waals surface area contributed by atoms with Gasteiger partial charge in [-0.3, -0.25) is 0 Å². The normalized spacial score (nSPS) is 15.3. The number of rotatable bonds is 7. The van der Waals surface area contributed by atoms with Gasteiger partial charge in [0.15, 0.2) is 0 Å². The monoisotopic (exact) mass is 898 g/mol. The summed E-state index contributed by atoms with van der Waals surface area (Å²) in [5, 5.41) is 1.32. The third-order valence-corrected chi connectivity index (χ3v) is 16.5. The minimum Gasteiger partial charge on any atom is -0.310 e. The molecule has 0 N–H and O–H groups in total. The minimum absolute atomic E-state index is 0.156. The summed E-state index contributed by atoms with van der Waals surface area (Å²) in [5.41, 5.74) is 23.0. The molecule has 11 aromatic rings. The molecule has 1 spiro atoms. The van der Waals surface area contributed by atoms with E-state index in [0.717, 1.165) is 34.1 Å². The molecule has 1 aromatic heterocycles. The summed E-state index contributed by atoms with van der Waals surface area (Å²) < 4.78 is 1.32. The molecule has 3 aliphatic rings. The van der Waals surface area contributed by atoms with Crippen molar-refractivity contribution in [2.24, 2.45) is 0 Å². The first-order valence-corrected chi connectivity index (χ1v) is 24.8. The average molecular weight is 899 g/mol. The SMILES string of the molecule is CC1(C)c2ccccc2-c2ccc(N(c3ccc4c(c3)C3(c5ccccc5-c5cc(N(c6ccccc6)c6ccccc6)ccc53)c3sc5ccccc5c3-4)c3ccccc3-c3ccccc3)cc21. The molecule has 0 radical (unpaired) electrons. The van der Waals surface area contributed by atoms with Crippen molar-refractivity contribution in [2.45, 2.75) is 24.7 Å². The van der Waals surface area contributed by atoms with Crippen LogP contribution in [-0.4, -0.2) is 0 Å². The highest BCUT2D eigenvalue weighted by atomic mass is 32.1. The van der Waals surface area contributed by atoms with Crippen LogP contribution in [0.15, 0.2) is 243 Å². The van der Waals surface area contributed by atoms with Gasteiger partial charge in [0.05, 0.1) is 11.1 Å². The Morgan fingerprint density at radius 3 is 1.57 bits per heavy atom. The van der Waals surface area contributed by atoms with Gasteiger partial charge in [-0.15, -0.1) is 11.3 Å². The van der Waals surface area contributed by atoms with Gasteiger partial charge < -0.3 is 9.80 Å². The zero-order valence-electron chi connectivity index (χ0n) is 38.4. The van der Waals surface area contributed by atoms with Crippen LogP contribution in [0.2, 0.25) is 0 Å². The first-order valence-electron chi connectivity index (χ1n) is 24.0. The lowest BCUT2D eigenvalue weighted by atomic mass is 9.73. The Morgan fingerprint density at radius 2 is 0.841 bits per heavy atom. The standard InChI is InChI=1S/C66H46N2S/c1-65(2)56-30-16-12-27-50(56)52-37-34-47(41-59(52)65)68(61-32-18-14-26-49(61)43-20-6-3-7-21-43)48-35-38-53-60(42-48)66(64-63(53)54-29-15-19-33-62(54)69-64)57-31-17-13-28-51(57)55-40-46(36-39-58(55)66)67(44-22-8-4-9-23-44)45-24-10-5-11-25-45/h3-42H,1-2H3. The molecule has 0 saturated heterocycles. The number of anilines is 6. The Bertz CT molecular complexity index is 3790. The Balaban J connectivity index is 1.03. The van der Waals surface area contributed by atoms with E-state index in [1.807, 2.05) is 11.3 Å². The van der Waals surface area contributed by atoms with Gasteiger partial charge in [-0.1, -0.05) is 184 Å². The molecule has 0 aliphatic heterocycles. The lowest BCUT2D eigenvalue weighted by Gasteiger charge is -2.33. The third kappa shape index (κ3) is 5.72. The average Bonchev–Trinajstić information content (AvgIpc) is 4.09. The number of fused-ring (bicyclic) bond motifs is 15. The molecule has 0 saturated carbocycles. The zero-order chi connectivity index (χ0) is 45.8. The summed E-state index contributed by atoms with van der Waals surface area (Å²) in [6.07, 6.45) is 0. The predicted octanol–water partition coefficient (Wildman–Crippen LogP) is 18.2. The lowest BCUT2D eigenvalue weighted by Crippen LogP contribution is -2.25. The molecule has 14 rings (SSSR count). The maximum absolute atomic E-state index is 2.55. The van der Waals surface area contributed by atoms with E-state index in [1.165, 1.54) is 87.3 Å². The second-order valence-electron chi connectivity index (χ2n) is 19.2. The number of thiophene rings is 1.